The summed E-state index contributed by atoms with van der Waals surface area (Å²) in [5.41, 5.74) is 0.710. The van der Waals surface area contributed by atoms with Crippen molar-refractivity contribution >= 4 is 28.1 Å². The lowest BCUT2D eigenvalue weighted by atomic mass is 9.95. The maximum absolute atomic E-state index is 12.2. The van der Waals surface area contributed by atoms with Gasteiger partial charge in [0.05, 0.1) is 12.0 Å². The van der Waals surface area contributed by atoms with Crippen molar-refractivity contribution in [2.24, 2.45) is 0 Å². The molecule has 0 N–H and O–H groups in total. The number of hydrogen-bond acceptors (Lipinski definition) is 7. The molecule has 0 aromatic carbocycles. The summed E-state index contributed by atoms with van der Waals surface area (Å²) < 4.78 is 9.38. The normalized spacial score (nSPS) is 15.4. The minimum absolute atomic E-state index is 0.0492. The van der Waals surface area contributed by atoms with Crippen LogP contribution >= 0.6 is 23.1 Å². The van der Waals surface area contributed by atoms with Crippen molar-refractivity contribution in [3.63, 3.8) is 0 Å². The van der Waals surface area contributed by atoms with E-state index in [0.29, 0.717) is 16.8 Å². The molecule has 4 heterocycles. The van der Waals surface area contributed by atoms with Gasteiger partial charge in [-0.1, -0.05) is 31.0 Å². The second kappa shape index (κ2) is 7.56. The van der Waals surface area contributed by atoms with Crippen molar-refractivity contribution in [2.45, 2.75) is 49.1 Å². The van der Waals surface area contributed by atoms with Crippen LogP contribution in [0.3, 0.4) is 0 Å². The first-order valence-corrected chi connectivity index (χ1v) is 11.2. The van der Waals surface area contributed by atoms with Gasteiger partial charge >= 0.3 is 0 Å². The number of aromatic nitrogens is 5. The molecule has 0 bridgehead atoms. The van der Waals surface area contributed by atoms with Crippen LogP contribution in [0, 0.1) is 0 Å². The molecule has 4 aromatic heterocycles. The third-order valence-corrected chi connectivity index (χ3v) is 6.78. The number of fused-ring (bicyclic) bond motifs is 1. The molecule has 0 aliphatic heterocycles. The maximum atomic E-state index is 12.2. The zero-order chi connectivity index (χ0) is 18.9. The van der Waals surface area contributed by atoms with Crippen LogP contribution in [0.5, 0.6) is 0 Å². The summed E-state index contributed by atoms with van der Waals surface area (Å²) >= 11 is 3.04. The minimum atomic E-state index is -0.0492. The highest BCUT2D eigenvalue weighted by molar-refractivity contribution is 7.98. The first-order valence-electron chi connectivity index (χ1n) is 9.37. The van der Waals surface area contributed by atoms with Crippen LogP contribution in [0.2, 0.25) is 0 Å². The Morgan fingerprint density at radius 3 is 2.96 bits per heavy atom. The topological polar surface area (TPSA) is 78.2 Å². The highest BCUT2D eigenvalue weighted by Gasteiger charge is 2.25. The molecular weight excluding hydrogens is 394 g/mol. The smallest absolute Gasteiger partial charge is 0.258 e. The Balaban J connectivity index is 1.46. The standard InChI is InChI=1S/C19H19N5O2S2/c25-16-11-13(20-18-23(16)8-10-27-18)12-28-19-22-21-17(15-7-4-9-26-15)24(19)14-5-2-1-3-6-14/h4,7-11,14H,1-3,5-6,12H2. The van der Waals surface area contributed by atoms with Gasteiger partial charge in [-0.25, -0.2) is 4.98 Å². The third-order valence-electron chi connectivity index (χ3n) is 5.05. The van der Waals surface area contributed by atoms with Gasteiger partial charge in [0.15, 0.2) is 15.9 Å². The molecule has 4 aromatic rings. The molecular formula is C19H19N5O2S2. The Bertz CT molecular complexity index is 1140. The van der Waals surface area contributed by atoms with E-state index >= 15 is 0 Å². The molecule has 1 aliphatic carbocycles. The van der Waals surface area contributed by atoms with Crippen molar-refractivity contribution in [3.8, 4) is 11.6 Å². The molecule has 9 heteroatoms. The van der Waals surface area contributed by atoms with E-state index in [9.17, 15) is 4.79 Å². The fourth-order valence-electron chi connectivity index (χ4n) is 3.72. The summed E-state index contributed by atoms with van der Waals surface area (Å²) in [7, 11) is 0. The lowest BCUT2D eigenvalue weighted by Gasteiger charge is -2.25. The summed E-state index contributed by atoms with van der Waals surface area (Å²) in [4.78, 5) is 17.5. The summed E-state index contributed by atoms with van der Waals surface area (Å²) in [6.07, 6.45) is 9.39. The average molecular weight is 414 g/mol. The van der Waals surface area contributed by atoms with Gasteiger partial charge in [-0.15, -0.1) is 21.5 Å². The van der Waals surface area contributed by atoms with E-state index in [-0.39, 0.29) is 5.56 Å². The van der Waals surface area contributed by atoms with Gasteiger partial charge < -0.3 is 4.42 Å². The first kappa shape index (κ1) is 17.7. The molecule has 0 unspecified atom stereocenters. The van der Waals surface area contributed by atoms with Crippen molar-refractivity contribution < 1.29 is 4.42 Å². The van der Waals surface area contributed by atoms with E-state index in [1.165, 1.54) is 30.6 Å². The maximum Gasteiger partial charge on any atom is 0.258 e. The summed E-state index contributed by atoms with van der Waals surface area (Å²) in [6.45, 7) is 0. The van der Waals surface area contributed by atoms with Crippen molar-refractivity contribution in [2.75, 3.05) is 0 Å². The second-order valence-corrected chi connectivity index (χ2v) is 8.69. The van der Waals surface area contributed by atoms with Gasteiger partial charge in [0, 0.05) is 29.4 Å². The third kappa shape index (κ3) is 3.29. The van der Waals surface area contributed by atoms with Crippen molar-refractivity contribution in [3.05, 3.63) is 52.1 Å². The van der Waals surface area contributed by atoms with Gasteiger partial charge in [0.1, 0.15) is 0 Å². The highest BCUT2D eigenvalue weighted by atomic mass is 32.2. The molecule has 7 nitrogen and oxygen atoms in total. The zero-order valence-electron chi connectivity index (χ0n) is 15.2. The van der Waals surface area contributed by atoms with Gasteiger partial charge in [0.25, 0.3) is 5.56 Å². The first-order chi connectivity index (χ1) is 13.8. The molecule has 28 heavy (non-hydrogen) atoms. The van der Waals surface area contributed by atoms with Crippen LogP contribution in [0.25, 0.3) is 16.5 Å². The van der Waals surface area contributed by atoms with E-state index < -0.39 is 0 Å². The Hall–Kier alpha value is -2.39. The fraction of sp³-hybridized carbons (Fsp3) is 0.368. The van der Waals surface area contributed by atoms with Crippen LogP contribution in [0.15, 0.2) is 50.4 Å². The lowest BCUT2D eigenvalue weighted by Crippen LogP contribution is -2.15. The lowest BCUT2D eigenvalue weighted by molar-refractivity contribution is 0.337. The molecule has 0 saturated heterocycles. The molecule has 0 amide bonds. The van der Waals surface area contributed by atoms with Gasteiger partial charge in [0.2, 0.25) is 5.82 Å². The quantitative estimate of drug-likeness (QED) is 0.451. The number of thiazole rings is 1. The zero-order valence-corrected chi connectivity index (χ0v) is 16.8. The molecule has 5 rings (SSSR count). The monoisotopic (exact) mass is 413 g/mol. The summed E-state index contributed by atoms with van der Waals surface area (Å²) in [5, 5.41) is 11.6. The Kier molecular flexibility index (Phi) is 4.77. The molecule has 0 radical (unpaired) electrons. The van der Waals surface area contributed by atoms with Crippen LogP contribution in [-0.2, 0) is 5.75 Å². The number of furan rings is 1. The Labute approximate surface area is 169 Å². The van der Waals surface area contributed by atoms with Crippen LogP contribution < -0.4 is 5.56 Å². The predicted molar refractivity (Wildman–Crippen MR) is 109 cm³/mol. The number of nitrogens with zero attached hydrogens (tertiary/aromatic N) is 5. The molecule has 1 saturated carbocycles. The molecule has 1 aliphatic rings. The molecule has 0 atom stereocenters. The fourth-order valence-corrected chi connectivity index (χ4v) is 5.35. The van der Waals surface area contributed by atoms with E-state index in [4.69, 9.17) is 4.42 Å². The number of hydrogen-bond donors (Lipinski definition) is 0. The molecule has 0 spiro atoms. The van der Waals surface area contributed by atoms with E-state index in [0.717, 1.165) is 35.3 Å². The van der Waals surface area contributed by atoms with Crippen LogP contribution in [0.1, 0.15) is 43.8 Å². The van der Waals surface area contributed by atoms with Crippen molar-refractivity contribution in [1.29, 1.82) is 0 Å². The highest BCUT2D eigenvalue weighted by Crippen LogP contribution is 2.36. The Morgan fingerprint density at radius 1 is 1.25 bits per heavy atom. The predicted octanol–water partition coefficient (Wildman–Crippen LogP) is 4.41. The number of rotatable bonds is 5. The largest absolute Gasteiger partial charge is 0.461 e. The van der Waals surface area contributed by atoms with Crippen LogP contribution in [-0.4, -0.2) is 24.1 Å². The van der Waals surface area contributed by atoms with E-state index in [1.54, 1.807) is 34.7 Å². The molecule has 144 valence electrons. The molecule has 1 fully saturated rings. The van der Waals surface area contributed by atoms with Gasteiger partial charge in [-0.3, -0.25) is 13.8 Å². The van der Waals surface area contributed by atoms with Crippen molar-refractivity contribution in [1.82, 2.24) is 24.1 Å². The summed E-state index contributed by atoms with van der Waals surface area (Å²) in [5.74, 6) is 2.09. The second-order valence-electron chi connectivity index (χ2n) is 6.88. The number of thioether (sulfide) groups is 1. The van der Waals surface area contributed by atoms with Gasteiger partial charge in [-0.2, -0.15) is 0 Å². The Morgan fingerprint density at radius 2 is 2.14 bits per heavy atom. The minimum Gasteiger partial charge on any atom is -0.461 e. The van der Waals surface area contributed by atoms with E-state index in [1.807, 2.05) is 17.5 Å². The van der Waals surface area contributed by atoms with Crippen LogP contribution in [0.4, 0.5) is 0 Å². The van der Waals surface area contributed by atoms with E-state index in [2.05, 4.69) is 19.7 Å². The average Bonchev–Trinajstić information content (AvgIpc) is 3.46. The summed E-state index contributed by atoms with van der Waals surface area (Å²) in [6, 6.07) is 5.77. The SMILES string of the molecule is O=c1cc(CSc2nnc(-c3ccco3)n2C2CCCCC2)nc2sccn12. The van der Waals surface area contributed by atoms with Gasteiger partial charge in [-0.05, 0) is 25.0 Å².